The predicted molar refractivity (Wildman–Crippen MR) is 104 cm³/mol. The van der Waals surface area contributed by atoms with Crippen LogP contribution in [0.15, 0.2) is 12.2 Å². The standard InChI is InChI=1S/C21H41NO2/c1-2-3-4-5-6-7-8-9-10-11-12-13-14-15-16-18-21(23)24-20-17-19-22/h9-10H,2-8,11-20,22H2,1H3/b10-9-. The molecule has 0 atom stereocenters. The molecule has 3 heteroatoms. The molecule has 0 aliphatic rings. The summed E-state index contributed by atoms with van der Waals surface area (Å²) in [6.07, 6.45) is 22.6. The van der Waals surface area contributed by atoms with Crippen molar-refractivity contribution in [3.63, 3.8) is 0 Å². The van der Waals surface area contributed by atoms with Crippen LogP contribution in [-0.4, -0.2) is 19.1 Å². The third-order valence-corrected chi connectivity index (χ3v) is 4.25. The summed E-state index contributed by atoms with van der Waals surface area (Å²) in [5.74, 6) is -0.0684. The zero-order valence-corrected chi connectivity index (χ0v) is 16.1. The molecule has 0 aromatic carbocycles. The summed E-state index contributed by atoms with van der Waals surface area (Å²) < 4.78 is 5.07. The van der Waals surface area contributed by atoms with Gasteiger partial charge in [-0.3, -0.25) is 4.79 Å². The second-order valence-corrected chi connectivity index (χ2v) is 6.70. The number of hydrogen-bond acceptors (Lipinski definition) is 3. The molecule has 0 aromatic heterocycles. The minimum Gasteiger partial charge on any atom is -0.466 e. The van der Waals surface area contributed by atoms with Crippen LogP contribution < -0.4 is 5.73 Å². The van der Waals surface area contributed by atoms with Crippen LogP contribution in [0.2, 0.25) is 0 Å². The van der Waals surface area contributed by atoms with Crippen molar-refractivity contribution in [1.29, 1.82) is 0 Å². The SMILES string of the molecule is CCCCCCCC/C=C\CCCCCCCC(=O)OCCCN. The molecule has 0 bridgehead atoms. The smallest absolute Gasteiger partial charge is 0.305 e. The lowest BCUT2D eigenvalue weighted by Crippen LogP contribution is -2.09. The number of esters is 1. The fourth-order valence-electron chi connectivity index (χ4n) is 2.68. The third-order valence-electron chi connectivity index (χ3n) is 4.25. The molecule has 0 unspecified atom stereocenters. The molecule has 3 nitrogen and oxygen atoms in total. The first kappa shape index (κ1) is 23.2. The van der Waals surface area contributed by atoms with Gasteiger partial charge in [0.25, 0.3) is 0 Å². The number of carbonyl (C=O) groups excluding carboxylic acids is 1. The van der Waals surface area contributed by atoms with E-state index in [2.05, 4.69) is 19.1 Å². The Labute approximate surface area is 150 Å². The minimum atomic E-state index is -0.0684. The number of ether oxygens (including phenoxy) is 1. The van der Waals surface area contributed by atoms with Crippen molar-refractivity contribution in [2.24, 2.45) is 5.73 Å². The maximum atomic E-state index is 11.4. The molecular formula is C21H41NO2. The van der Waals surface area contributed by atoms with Crippen LogP contribution in [0.1, 0.15) is 103 Å². The third kappa shape index (κ3) is 19.2. The van der Waals surface area contributed by atoms with Crippen LogP contribution in [0.25, 0.3) is 0 Å². The quantitative estimate of drug-likeness (QED) is 0.192. The van der Waals surface area contributed by atoms with E-state index < -0.39 is 0 Å². The van der Waals surface area contributed by atoms with Crippen LogP contribution in [0, 0.1) is 0 Å². The van der Waals surface area contributed by atoms with E-state index in [1.165, 1.54) is 70.6 Å². The van der Waals surface area contributed by atoms with Gasteiger partial charge in [-0.15, -0.1) is 0 Å². The number of carbonyl (C=O) groups is 1. The molecule has 0 rings (SSSR count). The number of rotatable bonds is 18. The van der Waals surface area contributed by atoms with Crippen molar-refractivity contribution in [2.45, 2.75) is 103 Å². The van der Waals surface area contributed by atoms with Crippen LogP contribution in [-0.2, 0) is 9.53 Å². The predicted octanol–water partition coefficient (Wildman–Crippen LogP) is 5.92. The van der Waals surface area contributed by atoms with Gasteiger partial charge in [0.2, 0.25) is 0 Å². The minimum absolute atomic E-state index is 0.0684. The second kappa shape index (κ2) is 20.2. The fourth-order valence-corrected chi connectivity index (χ4v) is 2.68. The van der Waals surface area contributed by atoms with Gasteiger partial charge in [0.1, 0.15) is 0 Å². The molecule has 0 heterocycles. The first-order chi connectivity index (χ1) is 11.8. The van der Waals surface area contributed by atoms with E-state index in [4.69, 9.17) is 10.5 Å². The van der Waals surface area contributed by atoms with Gasteiger partial charge in [0.15, 0.2) is 0 Å². The summed E-state index contributed by atoms with van der Waals surface area (Å²) in [6.45, 7) is 3.32. The first-order valence-corrected chi connectivity index (χ1v) is 10.3. The first-order valence-electron chi connectivity index (χ1n) is 10.3. The van der Waals surface area contributed by atoms with Gasteiger partial charge in [-0.2, -0.15) is 0 Å². The Morgan fingerprint density at radius 1 is 0.792 bits per heavy atom. The summed E-state index contributed by atoms with van der Waals surface area (Å²) in [5.41, 5.74) is 5.35. The number of allylic oxidation sites excluding steroid dienone is 2. The molecule has 0 amide bonds. The zero-order valence-electron chi connectivity index (χ0n) is 16.1. The van der Waals surface area contributed by atoms with E-state index in [1.54, 1.807) is 0 Å². The van der Waals surface area contributed by atoms with Crippen molar-refractivity contribution < 1.29 is 9.53 Å². The van der Waals surface area contributed by atoms with Gasteiger partial charge < -0.3 is 10.5 Å². The van der Waals surface area contributed by atoms with E-state index in [0.717, 1.165) is 19.3 Å². The average molecular weight is 340 g/mol. The molecule has 2 N–H and O–H groups in total. The Balaban J connectivity index is 3.16. The topological polar surface area (TPSA) is 52.3 Å². The molecule has 0 spiro atoms. The van der Waals surface area contributed by atoms with Crippen LogP contribution >= 0.6 is 0 Å². The normalized spacial score (nSPS) is 11.2. The Hall–Kier alpha value is -0.830. The average Bonchev–Trinajstić information content (AvgIpc) is 2.58. The van der Waals surface area contributed by atoms with E-state index in [1.807, 2.05) is 0 Å². The van der Waals surface area contributed by atoms with E-state index in [9.17, 15) is 4.79 Å². The molecule has 0 radical (unpaired) electrons. The zero-order chi connectivity index (χ0) is 17.7. The molecule has 0 saturated carbocycles. The van der Waals surface area contributed by atoms with Crippen LogP contribution in [0.4, 0.5) is 0 Å². The Morgan fingerprint density at radius 2 is 1.33 bits per heavy atom. The largest absolute Gasteiger partial charge is 0.466 e. The van der Waals surface area contributed by atoms with E-state index >= 15 is 0 Å². The van der Waals surface area contributed by atoms with Gasteiger partial charge in [-0.1, -0.05) is 70.4 Å². The molecule has 0 saturated heterocycles. The summed E-state index contributed by atoms with van der Waals surface area (Å²) in [4.78, 5) is 11.4. The van der Waals surface area contributed by atoms with Gasteiger partial charge in [-0.05, 0) is 45.1 Å². The van der Waals surface area contributed by atoms with Crippen LogP contribution in [0.5, 0.6) is 0 Å². The van der Waals surface area contributed by atoms with Crippen molar-refractivity contribution in [2.75, 3.05) is 13.2 Å². The fraction of sp³-hybridized carbons (Fsp3) is 0.857. The molecular weight excluding hydrogens is 298 g/mol. The monoisotopic (exact) mass is 339 g/mol. The lowest BCUT2D eigenvalue weighted by atomic mass is 10.1. The van der Waals surface area contributed by atoms with Gasteiger partial charge >= 0.3 is 5.97 Å². The summed E-state index contributed by atoms with van der Waals surface area (Å²) in [7, 11) is 0. The highest BCUT2D eigenvalue weighted by Gasteiger charge is 2.01. The Morgan fingerprint density at radius 3 is 1.92 bits per heavy atom. The molecule has 142 valence electrons. The maximum absolute atomic E-state index is 11.4. The molecule has 0 aromatic rings. The van der Waals surface area contributed by atoms with Gasteiger partial charge in [0.05, 0.1) is 6.61 Å². The Bertz CT molecular complexity index is 290. The highest BCUT2D eigenvalue weighted by molar-refractivity contribution is 5.69. The summed E-state index contributed by atoms with van der Waals surface area (Å²) in [5, 5.41) is 0. The second-order valence-electron chi connectivity index (χ2n) is 6.70. The molecule has 0 aliphatic heterocycles. The maximum Gasteiger partial charge on any atom is 0.305 e. The number of hydrogen-bond donors (Lipinski definition) is 1. The number of unbranched alkanes of at least 4 members (excludes halogenated alkanes) is 11. The summed E-state index contributed by atoms with van der Waals surface area (Å²) in [6, 6.07) is 0. The van der Waals surface area contributed by atoms with Crippen molar-refractivity contribution >= 4 is 5.97 Å². The molecule has 24 heavy (non-hydrogen) atoms. The molecule has 0 fully saturated rings. The summed E-state index contributed by atoms with van der Waals surface area (Å²) >= 11 is 0. The highest BCUT2D eigenvalue weighted by Crippen LogP contribution is 2.10. The van der Waals surface area contributed by atoms with Crippen molar-refractivity contribution in [3.05, 3.63) is 12.2 Å². The van der Waals surface area contributed by atoms with E-state index in [0.29, 0.717) is 19.6 Å². The van der Waals surface area contributed by atoms with Gasteiger partial charge in [0, 0.05) is 6.42 Å². The van der Waals surface area contributed by atoms with E-state index in [-0.39, 0.29) is 5.97 Å². The highest BCUT2D eigenvalue weighted by atomic mass is 16.5. The number of nitrogens with two attached hydrogens (primary N) is 1. The molecule has 0 aliphatic carbocycles. The van der Waals surface area contributed by atoms with Crippen LogP contribution in [0.3, 0.4) is 0 Å². The van der Waals surface area contributed by atoms with Crippen molar-refractivity contribution in [1.82, 2.24) is 0 Å². The lowest BCUT2D eigenvalue weighted by Gasteiger charge is -2.03. The lowest BCUT2D eigenvalue weighted by molar-refractivity contribution is -0.143. The van der Waals surface area contributed by atoms with Gasteiger partial charge in [-0.25, -0.2) is 0 Å². The van der Waals surface area contributed by atoms with Crippen molar-refractivity contribution in [3.8, 4) is 0 Å². The Kier molecular flexibility index (Phi) is 19.5.